The first-order chi connectivity index (χ1) is 7.75. The highest BCUT2D eigenvalue weighted by Crippen LogP contribution is 2.16. The summed E-state index contributed by atoms with van der Waals surface area (Å²) in [5.41, 5.74) is 1.04. The van der Waals surface area contributed by atoms with Crippen molar-refractivity contribution in [1.82, 2.24) is 4.98 Å². The second kappa shape index (κ2) is 5.19. The van der Waals surface area contributed by atoms with Gasteiger partial charge in [0, 0.05) is 17.8 Å². The second-order valence-electron chi connectivity index (χ2n) is 3.31. The van der Waals surface area contributed by atoms with Crippen LogP contribution in [0.2, 0.25) is 10.0 Å². The van der Waals surface area contributed by atoms with Crippen LogP contribution in [0, 0.1) is 0 Å². The van der Waals surface area contributed by atoms with Crippen LogP contribution in [0.5, 0.6) is 0 Å². The van der Waals surface area contributed by atoms with Crippen LogP contribution in [-0.4, -0.2) is 4.98 Å². The molecular formula is C12H10Cl2N2. The predicted molar refractivity (Wildman–Crippen MR) is 68.0 cm³/mol. The van der Waals surface area contributed by atoms with E-state index in [0.717, 1.165) is 16.4 Å². The highest BCUT2D eigenvalue weighted by molar-refractivity contribution is 6.31. The molecular weight excluding hydrogens is 243 g/mol. The number of pyridine rings is 1. The van der Waals surface area contributed by atoms with E-state index in [1.54, 1.807) is 12.3 Å². The van der Waals surface area contributed by atoms with Crippen molar-refractivity contribution in [3.05, 3.63) is 58.2 Å². The van der Waals surface area contributed by atoms with Gasteiger partial charge < -0.3 is 5.32 Å². The number of rotatable bonds is 3. The standard InChI is InChI=1S/C12H10Cl2N2/c13-10-5-6-12(16-8-10)15-7-9-3-1-2-4-11(9)14/h1-6,8H,7H2,(H,15,16). The maximum atomic E-state index is 6.03. The van der Waals surface area contributed by atoms with E-state index in [9.17, 15) is 0 Å². The average molecular weight is 253 g/mol. The van der Waals surface area contributed by atoms with Gasteiger partial charge in [-0.25, -0.2) is 4.98 Å². The van der Waals surface area contributed by atoms with Gasteiger partial charge >= 0.3 is 0 Å². The summed E-state index contributed by atoms with van der Waals surface area (Å²) >= 11 is 11.8. The Labute approximate surface area is 104 Å². The minimum absolute atomic E-state index is 0.628. The van der Waals surface area contributed by atoms with Crippen LogP contribution in [0.25, 0.3) is 0 Å². The van der Waals surface area contributed by atoms with Gasteiger partial charge in [-0.15, -0.1) is 0 Å². The molecule has 0 aliphatic rings. The topological polar surface area (TPSA) is 24.9 Å². The van der Waals surface area contributed by atoms with Crippen molar-refractivity contribution in [2.75, 3.05) is 5.32 Å². The fraction of sp³-hybridized carbons (Fsp3) is 0.0833. The van der Waals surface area contributed by atoms with E-state index in [1.807, 2.05) is 30.3 Å². The summed E-state index contributed by atoms with van der Waals surface area (Å²) in [6.45, 7) is 0.647. The monoisotopic (exact) mass is 252 g/mol. The molecule has 0 saturated carbocycles. The van der Waals surface area contributed by atoms with Crippen LogP contribution < -0.4 is 5.32 Å². The molecule has 0 aliphatic carbocycles. The zero-order chi connectivity index (χ0) is 11.4. The third-order valence-electron chi connectivity index (χ3n) is 2.15. The van der Waals surface area contributed by atoms with E-state index in [2.05, 4.69) is 10.3 Å². The number of aromatic nitrogens is 1. The Balaban J connectivity index is 2.02. The quantitative estimate of drug-likeness (QED) is 0.894. The van der Waals surface area contributed by atoms with Gasteiger partial charge in [-0.2, -0.15) is 0 Å². The molecule has 0 spiro atoms. The fourth-order valence-corrected chi connectivity index (χ4v) is 1.62. The number of hydrogen-bond acceptors (Lipinski definition) is 2. The normalized spacial score (nSPS) is 10.1. The summed E-state index contributed by atoms with van der Waals surface area (Å²) in [5.74, 6) is 0.782. The minimum Gasteiger partial charge on any atom is -0.366 e. The van der Waals surface area contributed by atoms with Gasteiger partial charge in [0.15, 0.2) is 0 Å². The molecule has 0 atom stereocenters. The second-order valence-corrected chi connectivity index (χ2v) is 4.15. The lowest BCUT2D eigenvalue weighted by Crippen LogP contribution is -2.01. The molecule has 4 heteroatoms. The zero-order valence-corrected chi connectivity index (χ0v) is 9.96. The van der Waals surface area contributed by atoms with Crippen LogP contribution in [0.15, 0.2) is 42.6 Å². The Kier molecular flexibility index (Phi) is 3.65. The van der Waals surface area contributed by atoms with Gasteiger partial charge in [-0.05, 0) is 23.8 Å². The first-order valence-electron chi connectivity index (χ1n) is 4.84. The van der Waals surface area contributed by atoms with Crippen molar-refractivity contribution >= 4 is 29.0 Å². The van der Waals surface area contributed by atoms with Crippen LogP contribution in [-0.2, 0) is 6.54 Å². The Morgan fingerprint density at radius 1 is 1.06 bits per heavy atom. The summed E-state index contributed by atoms with van der Waals surface area (Å²) in [7, 11) is 0. The third-order valence-corrected chi connectivity index (χ3v) is 2.74. The Morgan fingerprint density at radius 2 is 1.88 bits per heavy atom. The Bertz CT molecular complexity index is 469. The molecule has 1 N–H and O–H groups in total. The molecule has 2 rings (SSSR count). The van der Waals surface area contributed by atoms with Gasteiger partial charge in [0.25, 0.3) is 0 Å². The molecule has 1 aromatic heterocycles. The van der Waals surface area contributed by atoms with Crippen LogP contribution in [0.1, 0.15) is 5.56 Å². The van der Waals surface area contributed by atoms with E-state index >= 15 is 0 Å². The Hall–Kier alpha value is -1.25. The highest BCUT2D eigenvalue weighted by Gasteiger charge is 1.99. The molecule has 0 saturated heterocycles. The molecule has 82 valence electrons. The lowest BCUT2D eigenvalue weighted by Gasteiger charge is -2.06. The van der Waals surface area contributed by atoms with Crippen LogP contribution >= 0.6 is 23.2 Å². The van der Waals surface area contributed by atoms with E-state index in [0.29, 0.717) is 11.6 Å². The SMILES string of the molecule is Clc1ccc(NCc2ccccc2Cl)nc1. The van der Waals surface area contributed by atoms with Crippen molar-refractivity contribution in [3.63, 3.8) is 0 Å². The lowest BCUT2D eigenvalue weighted by atomic mass is 10.2. The third kappa shape index (κ3) is 2.87. The van der Waals surface area contributed by atoms with Gasteiger partial charge in [-0.1, -0.05) is 41.4 Å². The highest BCUT2D eigenvalue weighted by atomic mass is 35.5. The molecule has 0 radical (unpaired) electrons. The summed E-state index contributed by atoms with van der Waals surface area (Å²) in [4.78, 5) is 4.14. The Morgan fingerprint density at radius 3 is 2.56 bits per heavy atom. The summed E-state index contributed by atoms with van der Waals surface area (Å²) in [6.07, 6.45) is 1.61. The van der Waals surface area contributed by atoms with Crippen molar-refractivity contribution in [2.24, 2.45) is 0 Å². The summed E-state index contributed by atoms with van der Waals surface area (Å²) < 4.78 is 0. The number of hydrogen-bond donors (Lipinski definition) is 1. The number of nitrogens with zero attached hydrogens (tertiary/aromatic N) is 1. The van der Waals surface area contributed by atoms with Gasteiger partial charge in [-0.3, -0.25) is 0 Å². The maximum absolute atomic E-state index is 6.03. The molecule has 16 heavy (non-hydrogen) atoms. The fourth-order valence-electron chi connectivity index (χ4n) is 1.31. The van der Waals surface area contributed by atoms with E-state index in [4.69, 9.17) is 23.2 Å². The zero-order valence-electron chi connectivity index (χ0n) is 8.45. The van der Waals surface area contributed by atoms with Crippen molar-refractivity contribution in [3.8, 4) is 0 Å². The van der Waals surface area contributed by atoms with E-state index < -0.39 is 0 Å². The van der Waals surface area contributed by atoms with E-state index in [-0.39, 0.29) is 0 Å². The molecule has 2 nitrogen and oxygen atoms in total. The largest absolute Gasteiger partial charge is 0.366 e. The molecule has 1 heterocycles. The van der Waals surface area contributed by atoms with Crippen molar-refractivity contribution in [2.45, 2.75) is 6.54 Å². The molecule has 1 aromatic carbocycles. The average Bonchev–Trinajstić information content (AvgIpc) is 2.30. The maximum Gasteiger partial charge on any atom is 0.126 e. The van der Waals surface area contributed by atoms with Gasteiger partial charge in [0.2, 0.25) is 0 Å². The number of benzene rings is 1. The number of nitrogens with one attached hydrogen (secondary N) is 1. The van der Waals surface area contributed by atoms with Crippen molar-refractivity contribution in [1.29, 1.82) is 0 Å². The molecule has 2 aromatic rings. The smallest absolute Gasteiger partial charge is 0.126 e. The summed E-state index contributed by atoms with van der Waals surface area (Å²) in [5, 5.41) is 4.56. The first-order valence-corrected chi connectivity index (χ1v) is 5.60. The van der Waals surface area contributed by atoms with Gasteiger partial charge in [0.05, 0.1) is 5.02 Å². The first kappa shape index (κ1) is 11.2. The van der Waals surface area contributed by atoms with E-state index in [1.165, 1.54) is 0 Å². The molecule has 0 fully saturated rings. The molecule has 0 amide bonds. The van der Waals surface area contributed by atoms with Crippen LogP contribution in [0.3, 0.4) is 0 Å². The molecule has 0 aliphatic heterocycles. The van der Waals surface area contributed by atoms with Crippen molar-refractivity contribution < 1.29 is 0 Å². The molecule has 0 unspecified atom stereocenters. The summed E-state index contributed by atoms with van der Waals surface area (Å²) in [6, 6.07) is 11.3. The minimum atomic E-state index is 0.628. The predicted octanol–water partition coefficient (Wildman–Crippen LogP) is 4.00. The number of anilines is 1. The van der Waals surface area contributed by atoms with Crippen LogP contribution in [0.4, 0.5) is 5.82 Å². The van der Waals surface area contributed by atoms with Gasteiger partial charge in [0.1, 0.15) is 5.82 Å². The molecule has 0 bridgehead atoms. The number of halogens is 2. The lowest BCUT2D eigenvalue weighted by molar-refractivity contribution is 1.11.